The number of rotatable bonds is 4. The van der Waals surface area contributed by atoms with E-state index in [1.165, 1.54) is 5.01 Å². The summed E-state index contributed by atoms with van der Waals surface area (Å²) in [5.41, 5.74) is 0.959. The summed E-state index contributed by atoms with van der Waals surface area (Å²) in [7, 11) is 0. The quantitative estimate of drug-likeness (QED) is 0.762. The summed E-state index contributed by atoms with van der Waals surface area (Å²) >= 11 is 0. The lowest BCUT2D eigenvalue weighted by Gasteiger charge is -2.30. The number of nitrogens with zero attached hydrogens (tertiary/aromatic N) is 2. The lowest BCUT2D eigenvalue weighted by atomic mass is 9.85. The molecular weight excluding hydrogens is 350 g/mol. The molecule has 0 bridgehead atoms. The molecule has 0 aliphatic carbocycles. The molecule has 1 aliphatic heterocycles. The van der Waals surface area contributed by atoms with Crippen LogP contribution < -0.4 is 10.3 Å². The molecule has 28 heavy (non-hydrogen) atoms. The molecule has 0 aromatic heterocycles. The first-order chi connectivity index (χ1) is 13.6. The van der Waals surface area contributed by atoms with Crippen molar-refractivity contribution in [2.75, 3.05) is 5.01 Å². The topological polar surface area (TPSA) is 61.8 Å². The molecule has 1 atom stereocenters. The number of hydrogen-bond acceptors (Lipinski definition) is 3. The molecule has 5 nitrogen and oxygen atoms in total. The number of carbonyl (C=O) groups excluding carboxylic acids is 2. The fourth-order valence-electron chi connectivity index (χ4n) is 3.40. The summed E-state index contributed by atoms with van der Waals surface area (Å²) in [4.78, 5) is 26.6. The standard InChI is InChI=1S/C23H19N3O2/c1-17-23(19-13-7-3-8-14-19,24-21(27)18-11-5-2-6-12-18)22(28)26(25-17)20-15-9-4-10-16-20/h2-16H,1H3,(H,24,27). The molecule has 4 rings (SSSR count). The van der Waals surface area contributed by atoms with Crippen LogP contribution in [0.2, 0.25) is 0 Å². The fourth-order valence-corrected chi connectivity index (χ4v) is 3.40. The van der Waals surface area contributed by atoms with Crippen LogP contribution in [0.1, 0.15) is 22.8 Å². The van der Waals surface area contributed by atoms with Crippen molar-refractivity contribution in [1.29, 1.82) is 0 Å². The largest absolute Gasteiger partial charge is 0.329 e. The van der Waals surface area contributed by atoms with Gasteiger partial charge in [0.1, 0.15) is 0 Å². The van der Waals surface area contributed by atoms with Gasteiger partial charge < -0.3 is 5.32 Å². The van der Waals surface area contributed by atoms with E-state index in [1.54, 1.807) is 31.2 Å². The van der Waals surface area contributed by atoms with Crippen molar-refractivity contribution in [3.05, 3.63) is 102 Å². The smallest absolute Gasteiger partial charge is 0.283 e. The second-order valence-corrected chi connectivity index (χ2v) is 6.57. The number of amides is 2. The van der Waals surface area contributed by atoms with Gasteiger partial charge in [-0.05, 0) is 36.8 Å². The van der Waals surface area contributed by atoms with E-state index >= 15 is 0 Å². The van der Waals surface area contributed by atoms with Crippen LogP contribution in [0.3, 0.4) is 0 Å². The molecule has 0 saturated carbocycles. The highest BCUT2D eigenvalue weighted by Gasteiger charge is 2.52. The Labute approximate surface area is 163 Å². The fraction of sp³-hybridized carbons (Fsp3) is 0.0870. The predicted molar refractivity (Wildman–Crippen MR) is 109 cm³/mol. The van der Waals surface area contributed by atoms with E-state index in [-0.39, 0.29) is 11.8 Å². The lowest BCUT2D eigenvalue weighted by molar-refractivity contribution is -0.121. The van der Waals surface area contributed by atoms with Crippen molar-refractivity contribution in [2.45, 2.75) is 12.5 Å². The van der Waals surface area contributed by atoms with Crippen LogP contribution in [0.4, 0.5) is 5.69 Å². The predicted octanol–water partition coefficient (Wildman–Crippen LogP) is 3.73. The summed E-state index contributed by atoms with van der Waals surface area (Å²) in [6.07, 6.45) is 0. The average molecular weight is 369 g/mol. The molecule has 3 aromatic carbocycles. The average Bonchev–Trinajstić information content (AvgIpc) is 3.01. The Bertz CT molecular complexity index is 1030. The van der Waals surface area contributed by atoms with Crippen LogP contribution in [0.25, 0.3) is 0 Å². The Kier molecular flexibility index (Phi) is 4.49. The molecule has 0 spiro atoms. The summed E-state index contributed by atoms with van der Waals surface area (Å²) in [6, 6.07) is 27.3. The number of hydrogen-bond donors (Lipinski definition) is 1. The number of hydrazone groups is 1. The van der Waals surface area contributed by atoms with Crippen molar-refractivity contribution >= 4 is 23.2 Å². The van der Waals surface area contributed by atoms with Crippen molar-refractivity contribution in [1.82, 2.24) is 5.32 Å². The van der Waals surface area contributed by atoms with Crippen LogP contribution in [-0.4, -0.2) is 17.5 Å². The molecule has 2 amide bonds. The number of benzene rings is 3. The number of carbonyl (C=O) groups is 2. The minimum Gasteiger partial charge on any atom is -0.329 e. The van der Waals surface area contributed by atoms with Crippen LogP contribution in [0.5, 0.6) is 0 Å². The number of anilines is 1. The summed E-state index contributed by atoms with van der Waals surface area (Å²) in [5.74, 6) is -0.644. The number of nitrogens with one attached hydrogen (secondary N) is 1. The van der Waals surface area contributed by atoms with Gasteiger partial charge in [-0.2, -0.15) is 10.1 Å². The van der Waals surface area contributed by atoms with Crippen molar-refractivity contribution in [2.24, 2.45) is 5.10 Å². The van der Waals surface area contributed by atoms with Gasteiger partial charge in [-0.25, -0.2) is 0 Å². The van der Waals surface area contributed by atoms with Gasteiger partial charge in [-0.3, -0.25) is 9.59 Å². The van der Waals surface area contributed by atoms with Gasteiger partial charge in [0.05, 0.1) is 11.4 Å². The molecule has 138 valence electrons. The maximum absolute atomic E-state index is 13.6. The molecule has 0 saturated heterocycles. The Morgan fingerprint density at radius 2 is 1.39 bits per heavy atom. The van der Waals surface area contributed by atoms with E-state index in [1.807, 2.05) is 66.7 Å². The third-order valence-corrected chi connectivity index (χ3v) is 4.85. The van der Waals surface area contributed by atoms with Crippen LogP contribution in [0.15, 0.2) is 96.1 Å². The summed E-state index contributed by atoms with van der Waals surface area (Å²) < 4.78 is 0. The third-order valence-electron chi connectivity index (χ3n) is 4.85. The Morgan fingerprint density at radius 3 is 2.00 bits per heavy atom. The summed E-state index contributed by atoms with van der Waals surface area (Å²) in [6.45, 7) is 1.76. The van der Waals surface area contributed by atoms with E-state index < -0.39 is 5.54 Å². The second kappa shape index (κ2) is 7.12. The highest BCUT2D eigenvalue weighted by molar-refractivity contribution is 6.24. The minimum absolute atomic E-state index is 0.313. The maximum Gasteiger partial charge on any atom is 0.283 e. The van der Waals surface area contributed by atoms with Crippen molar-refractivity contribution in [3.8, 4) is 0 Å². The van der Waals surface area contributed by atoms with Gasteiger partial charge in [0.15, 0.2) is 5.54 Å². The molecule has 1 N–H and O–H groups in total. The van der Waals surface area contributed by atoms with Gasteiger partial charge in [-0.15, -0.1) is 0 Å². The van der Waals surface area contributed by atoms with Gasteiger partial charge in [0.25, 0.3) is 11.8 Å². The first kappa shape index (κ1) is 17.7. The van der Waals surface area contributed by atoms with E-state index in [9.17, 15) is 9.59 Å². The van der Waals surface area contributed by atoms with E-state index in [4.69, 9.17) is 0 Å². The van der Waals surface area contributed by atoms with Gasteiger partial charge in [-0.1, -0.05) is 66.7 Å². The third kappa shape index (κ3) is 2.87. The molecule has 1 aliphatic rings. The lowest BCUT2D eigenvalue weighted by Crippen LogP contribution is -2.56. The molecule has 1 unspecified atom stereocenters. The molecular formula is C23H19N3O2. The first-order valence-electron chi connectivity index (χ1n) is 9.01. The molecule has 0 radical (unpaired) electrons. The van der Waals surface area contributed by atoms with E-state index in [0.717, 1.165) is 0 Å². The van der Waals surface area contributed by atoms with Crippen LogP contribution in [-0.2, 0) is 10.3 Å². The SMILES string of the molecule is CC1=NN(c2ccccc2)C(=O)C1(NC(=O)c1ccccc1)c1ccccc1. The van der Waals surface area contributed by atoms with E-state index in [2.05, 4.69) is 10.4 Å². The monoisotopic (exact) mass is 369 g/mol. The second-order valence-electron chi connectivity index (χ2n) is 6.57. The Balaban J connectivity index is 1.80. The summed E-state index contributed by atoms with van der Waals surface area (Å²) in [5, 5.41) is 8.82. The number of para-hydroxylation sites is 1. The minimum atomic E-state index is -1.36. The van der Waals surface area contributed by atoms with E-state index in [0.29, 0.717) is 22.5 Å². The Morgan fingerprint density at radius 1 is 0.857 bits per heavy atom. The van der Waals surface area contributed by atoms with Gasteiger partial charge in [0.2, 0.25) is 0 Å². The Hall–Kier alpha value is -3.73. The molecule has 1 heterocycles. The van der Waals surface area contributed by atoms with Gasteiger partial charge in [0, 0.05) is 5.56 Å². The van der Waals surface area contributed by atoms with Gasteiger partial charge >= 0.3 is 0 Å². The maximum atomic E-state index is 13.6. The van der Waals surface area contributed by atoms with Crippen LogP contribution >= 0.6 is 0 Å². The molecule has 5 heteroatoms. The molecule has 0 fully saturated rings. The highest BCUT2D eigenvalue weighted by Crippen LogP contribution is 2.34. The van der Waals surface area contributed by atoms with Crippen molar-refractivity contribution in [3.63, 3.8) is 0 Å². The highest BCUT2D eigenvalue weighted by atomic mass is 16.2. The normalized spacial score (nSPS) is 18.7. The van der Waals surface area contributed by atoms with Crippen molar-refractivity contribution < 1.29 is 9.59 Å². The zero-order chi connectivity index (χ0) is 19.6. The molecule has 3 aromatic rings. The first-order valence-corrected chi connectivity index (χ1v) is 9.01. The zero-order valence-corrected chi connectivity index (χ0v) is 15.4. The van der Waals surface area contributed by atoms with Crippen LogP contribution in [0, 0.1) is 0 Å². The zero-order valence-electron chi connectivity index (χ0n) is 15.4.